The number of hydrogen-bond acceptors (Lipinski definition) is 5. The van der Waals surface area contributed by atoms with E-state index in [0.29, 0.717) is 11.1 Å². The predicted octanol–water partition coefficient (Wildman–Crippen LogP) is 6.22. The standard InChI is InChI=1S/C28H24N2O3/c1-29(23-9-5-3-6-10-23)25-17-13-21(14-18-25)27(31)33-28(32)22-15-19-26(20-16-22)30(2)24-11-7-4-8-12-24/h3-20H,1-2H3. The molecule has 0 aliphatic carbocycles. The highest BCUT2D eigenvalue weighted by molar-refractivity contribution is 6.02. The molecular weight excluding hydrogens is 412 g/mol. The highest BCUT2D eigenvalue weighted by atomic mass is 16.6. The zero-order chi connectivity index (χ0) is 23.2. The lowest BCUT2D eigenvalue weighted by Crippen LogP contribution is -2.14. The van der Waals surface area contributed by atoms with Gasteiger partial charge in [-0.2, -0.15) is 0 Å². The van der Waals surface area contributed by atoms with E-state index in [2.05, 4.69) is 0 Å². The van der Waals surface area contributed by atoms with Crippen molar-refractivity contribution < 1.29 is 14.3 Å². The zero-order valence-corrected chi connectivity index (χ0v) is 18.5. The van der Waals surface area contributed by atoms with Gasteiger partial charge in [-0.05, 0) is 72.8 Å². The molecule has 0 N–H and O–H groups in total. The molecule has 5 heteroatoms. The summed E-state index contributed by atoms with van der Waals surface area (Å²) in [6.45, 7) is 0. The Labute approximate surface area is 193 Å². The van der Waals surface area contributed by atoms with Gasteiger partial charge in [0.25, 0.3) is 0 Å². The molecule has 0 saturated carbocycles. The molecule has 0 aromatic heterocycles. The Kier molecular flexibility index (Phi) is 6.51. The first-order chi connectivity index (χ1) is 16.0. The number of esters is 2. The first-order valence-electron chi connectivity index (χ1n) is 10.6. The van der Waals surface area contributed by atoms with Crippen molar-refractivity contribution in [3.8, 4) is 0 Å². The Morgan fingerprint density at radius 1 is 0.485 bits per heavy atom. The molecule has 0 fully saturated rings. The van der Waals surface area contributed by atoms with Crippen LogP contribution in [0.5, 0.6) is 0 Å². The Hall–Kier alpha value is -4.38. The Morgan fingerprint density at radius 2 is 0.788 bits per heavy atom. The topological polar surface area (TPSA) is 49.9 Å². The van der Waals surface area contributed by atoms with Crippen LogP contribution in [0.3, 0.4) is 0 Å². The van der Waals surface area contributed by atoms with E-state index >= 15 is 0 Å². The number of para-hydroxylation sites is 2. The van der Waals surface area contributed by atoms with E-state index in [9.17, 15) is 9.59 Å². The summed E-state index contributed by atoms with van der Waals surface area (Å²) in [5, 5.41) is 0. The summed E-state index contributed by atoms with van der Waals surface area (Å²) >= 11 is 0. The largest absolute Gasteiger partial charge is 0.386 e. The number of rotatable bonds is 6. The van der Waals surface area contributed by atoms with Gasteiger partial charge in [-0.3, -0.25) is 0 Å². The van der Waals surface area contributed by atoms with Gasteiger partial charge < -0.3 is 14.5 Å². The van der Waals surface area contributed by atoms with Crippen molar-refractivity contribution in [2.75, 3.05) is 23.9 Å². The molecule has 0 amide bonds. The third kappa shape index (κ3) is 5.10. The summed E-state index contributed by atoms with van der Waals surface area (Å²) in [7, 11) is 3.90. The number of carbonyl (C=O) groups excluding carboxylic acids is 2. The molecule has 4 aromatic rings. The van der Waals surface area contributed by atoms with Crippen LogP contribution >= 0.6 is 0 Å². The average Bonchev–Trinajstić information content (AvgIpc) is 2.89. The van der Waals surface area contributed by atoms with Crippen molar-refractivity contribution in [2.45, 2.75) is 0 Å². The summed E-state index contributed by atoms with van der Waals surface area (Å²) in [5.41, 5.74) is 4.53. The third-order valence-corrected chi connectivity index (χ3v) is 5.45. The second kappa shape index (κ2) is 9.83. The smallest absolute Gasteiger partial charge is 0.346 e. The molecular formula is C28H24N2O3. The second-order valence-corrected chi connectivity index (χ2v) is 7.56. The second-order valence-electron chi connectivity index (χ2n) is 7.56. The molecule has 0 atom stereocenters. The number of carbonyl (C=O) groups is 2. The Balaban J connectivity index is 1.39. The van der Waals surface area contributed by atoms with Crippen LogP contribution in [0.2, 0.25) is 0 Å². The minimum atomic E-state index is -0.681. The lowest BCUT2D eigenvalue weighted by Gasteiger charge is -2.19. The van der Waals surface area contributed by atoms with E-state index in [4.69, 9.17) is 4.74 Å². The summed E-state index contributed by atoms with van der Waals surface area (Å²) in [5.74, 6) is -1.36. The maximum Gasteiger partial charge on any atom is 0.346 e. The molecule has 0 unspecified atom stereocenters. The maximum absolute atomic E-state index is 12.5. The lowest BCUT2D eigenvalue weighted by atomic mass is 10.1. The third-order valence-electron chi connectivity index (χ3n) is 5.45. The van der Waals surface area contributed by atoms with Gasteiger partial charge in [0.2, 0.25) is 0 Å². The van der Waals surface area contributed by atoms with Gasteiger partial charge >= 0.3 is 11.9 Å². The van der Waals surface area contributed by atoms with Crippen molar-refractivity contribution in [3.05, 3.63) is 120 Å². The molecule has 0 bridgehead atoms. The molecule has 4 aromatic carbocycles. The van der Waals surface area contributed by atoms with Gasteiger partial charge in [-0.15, -0.1) is 0 Å². The van der Waals surface area contributed by atoms with E-state index < -0.39 is 11.9 Å². The van der Waals surface area contributed by atoms with Crippen LogP contribution in [0, 0.1) is 0 Å². The zero-order valence-electron chi connectivity index (χ0n) is 18.5. The van der Waals surface area contributed by atoms with Crippen molar-refractivity contribution in [2.24, 2.45) is 0 Å². The van der Waals surface area contributed by atoms with E-state index in [0.717, 1.165) is 22.7 Å². The van der Waals surface area contributed by atoms with Gasteiger partial charge in [-0.1, -0.05) is 36.4 Å². The number of nitrogens with zero attached hydrogens (tertiary/aromatic N) is 2. The Morgan fingerprint density at radius 3 is 1.12 bits per heavy atom. The molecule has 0 aliphatic rings. The van der Waals surface area contributed by atoms with Crippen LogP contribution in [0.1, 0.15) is 20.7 Å². The van der Waals surface area contributed by atoms with Gasteiger partial charge in [0.05, 0.1) is 11.1 Å². The molecule has 0 saturated heterocycles. The molecule has 0 heterocycles. The van der Waals surface area contributed by atoms with Crippen LogP contribution in [0.4, 0.5) is 22.7 Å². The average molecular weight is 437 g/mol. The summed E-state index contributed by atoms with van der Waals surface area (Å²) in [6.07, 6.45) is 0. The van der Waals surface area contributed by atoms with Crippen LogP contribution in [0.25, 0.3) is 0 Å². The molecule has 0 spiro atoms. The van der Waals surface area contributed by atoms with Crippen LogP contribution in [0.15, 0.2) is 109 Å². The summed E-state index contributed by atoms with van der Waals surface area (Å²) in [4.78, 5) is 29.0. The van der Waals surface area contributed by atoms with Crippen molar-refractivity contribution in [3.63, 3.8) is 0 Å². The fourth-order valence-corrected chi connectivity index (χ4v) is 3.45. The lowest BCUT2D eigenvalue weighted by molar-refractivity contribution is 0.0398. The fourth-order valence-electron chi connectivity index (χ4n) is 3.45. The van der Waals surface area contributed by atoms with Crippen LogP contribution in [-0.2, 0) is 4.74 Å². The van der Waals surface area contributed by atoms with E-state index in [1.54, 1.807) is 24.3 Å². The SMILES string of the molecule is CN(c1ccccc1)c1ccc(C(=O)OC(=O)c2ccc(N(C)c3ccccc3)cc2)cc1. The molecule has 5 nitrogen and oxygen atoms in total. The van der Waals surface area contributed by atoms with Gasteiger partial charge in [-0.25, -0.2) is 9.59 Å². The summed E-state index contributed by atoms with van der Waals surface area (Å²) < 4.78 is 5.09. The molecule has 4 rings (SSSR count). The molecule has 0 aliphatic heterocycles. The maximum atomic E-state index is 12.5. The number of anilines is 4. The highest BCUT2D eigenvalue weighted by Gasteiger charge is 2.16. The number of ether oxygens (including phenoxy) is 1. The first kappa shape index (κ1) is 21.8. The monoisotopic (exact) mass is 436 g/mol. The number of benzene rings is 4. The van der Waals surface area contributed by atoms with Crippen molar-refractivity contribution in [1.82, 2.24) is 0 Å². The highest BCUT2D eigenvalue weighted by Crippen LogP contribution is 2.25. The summed E-state index contributed by atoms with van der Waals surface area (Å²) in [6, 6.07) is 33.7. The van der Waals surface area contributed by atoms with Gasteiger partial charge in [0.15, 0.2) is 0 Å². The van der Waals surface area contributed by atoms with E-state index in [1.807, 2.05) is 109 Å². The van der Waals surface area contributed by atoms with Crippen LogP contribution < -0.4 is 9.80 Å². The minimum absolute atomic E-state index is 0.314. The minimum Gasteiger partial charge on any atom is -0.386 e. The van der Waals surface area contributed by atoms with E-state index in [1.165, 1.54) is 0 Å². The molecule has 164 valence electrons. The predicted molar refractivity (Wildman–Crippen MR) is 132 cm³/mol. The first-order valence-corrected chi connectivity index (χ1v) is 10.6. The normalized spacial score (nSPS) is 10.4. The Bertz CT molecular complexity index is 1120. The van der Waals surface area contributed by atoms with Gasteiger partial charge in [0.1, 0.15) is 0 Å². The fraction of sp³-hybridized carbons (Fsp3) is 0.0714. The van der Waals surface area contributed by atoms with Crippen molar-refractivity contribution in [1.29, 1.82) is 0 Å². The van der Waals surface area contributed by atoms with Crippen LogP contribution in [-0.4, -0.2) is 26.0 Å². The molecule has 0 radical (unpaired) electrons. The quantitative estimate of drug-likeness (QED) is 0.265. The number of hydrogen-bond donors (Lipinski definition) is 0. The van der Waals surface area contributed by atoms with E-state index in [-0.39, 0.29) is 0 Å². The van der Waals surface area contributed by atoms with Crippen molar-refractivity contribution >= 4 is 34.7 Å². The molecule has 33 heavy (non-hydrogen) atoms. The van der Waals surface area contributed by atoms with Gasteiger partial charge in [0, 0.05) is 36.8 Å².